The minimum absolute atomic E-state index is 0.236. The highest BCUT2D eigenvalue weighted by Gasteiger charge is 2.42. The van der Waals surface area contributed by atoms with Crippen LogP contribution in [-0.2, 0) is 13.2 Å². The van der Waals surface area contributed by atoms with E-state index in [1.54, 1.807) is 11.8 Å². The number of aliphatic hydroxyl groups excluding tert-OH is 1. The van der Waals surface area contributed by atoms with E-state index in [1.165, 1.54) is 115 Å². The first-order valence-electron chi connectivity index (χ1n) is 16.0. The molecule has 0 aliphatic heterocycles. The molecule has 0 amide bonds. The molecule has 0 heterocycles. The Balaban J connectivity index is 4.65. The predicted molar refractivity (Wildman–Crippen MR) is 178 cm³/mol. The molecule has 0 rings (SSSR count). The van der Waals surface area contributed by atoms with Crippen molar-refractivity contribution < 1.29 is 37.9 Å². The molecular weight excluding hydrogens is 602 g/mol. The predicted octanol–water partition coefficient (Wildman–Crippen LogP) is 8.99. The molecule has 12 heteroatoms. The maximum Gasteiger partial charge on any atom is 0.327 e. The Morgan fingerprint density at radius 3 is 1.29 bits per heavy atom. The first-order chi connectivity index (χ1) is 19.9. The van der Waals surface area contributed by atoms with Crippen LogP contribution in [0.5, 0.6) is 0 Å². The molecule has 41 heavy (non-hydrogen) atoms. The third-order valence-corrected chi connectivity index (χ3v) is 10.3. The van der Waals surface area contributed by atoms with E-state index < -0.39 is 34.7 Å². The Morgan fingerprint density at radius 1 is 0.561 bits per heavy atom. The summed E-state index contributed by atoms with van der Waals surface area (Å²) in [5, 5.41) is 10.4. The highest BCUT2D eigenvalue weighted by Crippen LogP contribution is 2.42. The summed E-state index contributed by atoms with van der Waals surface area (Å²) in [7, 11) is -5.28. The summed E-state index contributed by atoms with van der Waals surface area (Å²) in [5.74, 6) is 1.62. The van der Waals surface area contributed by atoms with Crippen LogP contribution in [0.1, 0.15) is 142 Å². The minimum Gasteiger partial charge on any atom is -0.395 e. The summed E-state index contributed by atoms with van der Waals surface area (Å²) < 4.78 is 16.4. The summed E-state index contributed by atoms with van der Waals surface area (Å²) >= 11 is 2.89. The fourth-order valence-corrected chi connectivity index (χ4v) is 7.59. The van der Waals surface area contributed by atoms with Crippen LogP contribution >= 0.6 is 41.0 Å². The van der Waals surface area contributed by atoms with E-state index in [0.717, 1.165) is 37.2 Å². The zero-order valence-electron chi connectivity index (χ0n) is 25.9. The molecule has 0 fully saturated rings. The summed E-state index contributed by atoms with van der Waals surface area (Å²) in [4.78, 5) is 37.5. The normalized spacial score (nSPS) is 13.1. The topological polar surface area (TPSA) is 129 Å². The molecule has 0 aromatic heterocycles. The second kappa shape index (κ2) is 31.2. The average molecular weight is 665 g/mol. The Kier molecular flexibility index (Phi) is 32.2. The van der Waals surface area contributed by atoms with E-state index in [0.29, 0.717) is 0 Å². The molecule has 248 valence electrons. The van der Waals surface area contributed by atoms with Crippen molar-refractivity contribution in [1.29, 1.82) is 0 Å². The van der Waals surface area contributed by atoms with E-state index >= 15 is 0 Å². The number of unbranched alkanes of at least 4 members (excludes halogenated alkanes) is 18. The van der Waals surface area contributed by atoms with Crippen LogP contribution in [0.3, 0.4) is 0 Å². The Labute approximate surface area is 262 Å². The van der Waals surface area contributed by atoms with Crippen molar-refractivity contribution in [2.24, 2.45) is 5.41 Å². The van der Waals surface area contributed by atoms with E-state index in [1.807, 2.05) is 0 Å². The second-order valence-electron chi connectivity index (χ2n) is 11.1. The van der Waals surface area contributed by atoms with Gasteiger partial charge in [0.15, 0.2) is 0 Å². The summed E-state index contributed by atoms with van der Waals surface area (Å²) in [6.45, 7) is 3.59. The molecule has 0 aliphatic carbocycles. The lowest BCUT2D eigenvalue weighted by Crippen LogP contribution is -2.45. The third-order valence-electron chi connectivity index (χ3n) is 7.25. The lowest BCUT2D eigenvalue weighted by Gasteiger charge is -2.37. The Morgan fingerprint density at radius 2 is 0.927 bits per heavy atom. The zero-order chi connectivity index (χ0) is 30.4. The molecule has 0 spiro atoms. The molecule has 0 aromatic carbocycles. The van der Waals surface area contributed by atoms with E-state index in [2.05, 4.69) is 13.8 Å². The number of thioether (sulfide) groups is 1. The summed E-state index contributed by atoms with van der Waals surface area (Å²) in [5.41, 5.74) is -1.75. The molecule has 0 aromatic rings. The van der Waals surface area contributed by atoms with Gasteiger partial charge in [-0.15, -0.1) is 11.8 Å². The van der Waals surface area contributed by atoms with Gasteiger partial charge in [0.2, 0.25) is 0 Å². The maximum atomic E-state index is 10.4. The first-order valence-corrected chi connectivity index (χ1v) is 20.3. The molecule has 0 aliphatic rings. The van der Waals surface area contributed by atoms with Crippen molar-refractivity contribution in [2.75, 3.05) is 31.3 Å². The highest BCUT2D eigenvalue weighted by molar-refractivity contribution is 8.01. The van der Waals surface area contributed by atoms with E-state index in [4.69, 9.17) is 13.2 Å². The van der Waals surface area contributed by atoms with E-state index in [-0.39, 0.29) is 13.2 Å². The smallest absolute Gasteiger partial charge is 0.327 e. The van der Waals surface area contributed by atoms with Gasteiger partial charge in [0.05, 0.1) is 25.2 Å². The quantitative estimate of drug-likeness (QED) is 0.0201. The molecule has 0 saturated heterocycles. The maximum absolute atomic E-state index is 10.4. The number of rotatable bonds is 33. The van der Waals surface area contributed by atoms with Crippen molar-refractivity contribution in [3.8, 4) is 0 Å². The number of hydrogen-bond acceptors (Lipinski definition) is 10. The van der Waals surface area contributed by atoms with Crippen LogP contribution in [0.15, 0.2) is 0 Å². The van der Waals surface area contributed by atoms with Crippen molar-refractivity contribution in [3.63, 3.8) is 0 Å². The molecule has 0 bridgehead atoms. The van der Waals surface area contributed by atoms with Crippen LogP contribution in [0.4, 0.5) is 0 Å². The lowest BCUT2D eigenvalue weighted by atomic mass is 9.92. The van der Waals surface area contributed by atoms with Crippen LogP contribution < -0.4 is 0 Å². The minimum atomic E-state index is -2.64. The van der Waals surface area contributed by atoms with Crippen LogP contribution in [0, 0.1) is 5.41 Å². The van der Waals surface area contributed by atoms with Gasteiger partial charge >= 0.3 is 17.2 Å². The van der Waals surface area contributed by atoms with Gasteiger partial charge in [-0.3, -0.25) is 0 Å². The van der Waals surface area contributed by atoms with Gasteiger partial charge in [0.1, 0.15) is 5.44 Å². The number of hydrogen-bond donors (Lipinski definition) is 5. The van der Waals surface area contributed by atoms with Gasteiger partial charge in [-0.05, 0) is 30.6 Å². The molecule has 8 nitrogen and oxygen atoms in total. The Hall–Kier alpha value is 1.24. The van der Waals surface area contributed by atoms with Gasteiger partial charge < -0.3 is 37.9 Å². The highest BCUT2D eigenvalue weighted by atomic mass is 32.2. The van der Waals surface area contributed by atoms with Gasteiger partial charge in [-0.25, -0.2) is 0 Å². The van der Waals surface area contributed by atoms with Crippen LogP contribution in [-0.4, -0.2) is 61.4 Å². The van der Waals surface area contributed by atoms with Crippen molar-refractivity contribution >= 4 is 41.0 Å². The van der Waals surface area contributed by atoms with Crippen LogP contribution in [0.2, 0.25) is 0 Å². The Bertz CT molecular complexity index is 527. The van der Waals surface area contributed by atoms with Crippen molar-refractivity contribution in [3.05, 3.63) is 0 Å². The second-order valence-corrected chi connectivity index (χ2v) is 14.6. The average Bonchev–Trinajstić information content (AvgIpc) is 2.95. The lowest BCUT2D eigenvalue weighted by molar-refractivity contribution is -0.0244. The third kappa shape index (κ3) is 26.2. The fourth-order valence-electron chi connectivity index (χ4n) is 4.56. The molecular formula is C29H62O8P2S2. The van der Waals surface area contributed by atoms with Gasteiger partial charge in [-0.1, -0.05) is 129 Å². The molecule has 1 unspecified atom stereocenters. The van der Waals surface area contributed by atoms with Gasteiger partial charge in [0.25, 0.3) is 0 Å². The van der Waals surface area contributed by atoms with Crippen molar-refractivity contribution in [1.82, 2.24) is 0 Å². The zero-order valence-corrected chi connectivity index (χ0v) is 29.3. The SMILES string of the molecule is CCCCCCCCCCCCSOC(SCCCCCCCCCCCC)C(CO)(COP(O)O)COP(O)O. The largest absolute Gasteiger partial charge is 0.395 e. The van der Waals surface area contributed by atoms with Gasteiger partial charge in [0, 0.05) is 5.75 Å². The molecule has 5 N–H and O–H groups in total. The van der Waals surface area contributed by atoms with E-state index in [9.17, 15) is 24.7 Å². The molecule has 1 atom stereocenters. The summed E-state index contributed by atoms with van der Waals surface area (Å²) in [6, 6.07) is 0. The monoisotopic (exact) mass is 664 g/mol. The summed E-state index contributed by atoms with van der Waals surface area (Å²) in [6.07, 6.45) is 25.1. The van der Waals surface area contributed by atoms with Crippen LogP contribution in [0.25, 0.3) is 0 Å². The molecule has 0 radical (unpaired) electrons. The van der Waals surface area contributed by atoms with Gasteiger partial charge in [-0.2, -0.15) is 0 Å². The fraction of sp³-hybridized carbons (Fsp3) is 1.00. The standard InChI is InChI=1S/C29H62O8P2S2/c1-3-5-7-9-11-13-15-17-19-21-23-40-28(29(25-30,26-35-38(31)32)27-36-39(33)34)37-41-24-22-20-18-16-14-12-10-8-6-4-2/h28,30-34H,3-27H2,1-2H3. The first kappa shape index (κ1) is 42.2. The number of aliphatic hydroxyl groups is 1. The molecule has 0 saturated carbocycles. The van der Waals surface area contributed by atoms with Crippen molar-refractivity contribution in [2.45, 2.75) is 148 Å².